The number of piperazine rings is 1. The molecule has 2 bridgehead atoms. The number of carbonyl (C=O) groups is 1. The molecule has 8 nitrogen and oxygen atoms in total. The molecular weight excluding hydrogens is 423 g/mol. The van der Waals surface area contributed by atoms with Gasteiger partial charge in [0.2, 0.25) is 0 Å². The molecule has 3 aliphatic rings. The zero-order valence-electron chi connectivity index (χ0n) is 16.9. The zero-order chi connectivity index (χ0) is 22.2. The number of alkyl halides is 3. The van der Waals surface area contributed by atoms with Crippen molar-refractivity contribution >= 4 is 11.7 Å². The number of halogens is 3. The summed E-state index contributed by atoms with van der Waals surface area (Å²) in [7, 11) is 0. The first-order valence-corrected chi connectivity index (χ1v) is 10.3. The summed E-state index contributed by atoms with van der Waals surface area (Å²) in [4.78, 5) is 26.5. The highest BCUT2D eigenvalue weighted by atomic mass is 19.4. The van der Waals surface area contributed by atoms with Crippen LogP contribution in [0.1, 0.15) is 34.5 Å². The minimum Gasteiger partial charge on any atom is -0.341 e. The molecule has 32 heavy (non-hydrogen) atoms. The van der Waals surface area contributed by atoms with E-state index in [4.69, 9.17) is 0 Å². The molecule has 164 valence electrons. The maximum Gasteiger partial charge on any atom is 0.434 e. The highest BCUT2D eigenvalue weighted by Gasteiger charge is 2.69. The van der Waals surface area contributed by atoms with Gasteiger partial charge in [0.05, 0.1) is 54.5 Å². The number of benzene rings is 1. The monoisotopic (exact) mass is 441 g/mol. The van der Waals surface area contributed by atoms with E-state index >= 15 is 0 Å². The molecule has 0 saturated carbocycles. The molecular formula is C21H18F3N7O. The van der Waals surface area contributed by atoms with Crippen LogP contribution < -0.4 is 4.90 Å². The van der Waals surface area contributed by atoms with Gasteiger partial charge in [-0.2, -0.15) is 28.2 Å². The number of aromatic nitrogens is 5. The lowest BCUT2D eigenvalue weighted by atomic mass is 10.0. The summed E-state index contributed by atoms with van der Waals surface area (Å²) in [5.41, 5.74) is 1.09. The van der Waals surface area contributed by atoms with Crippen molar-refractivity contribution in [3.05, 3.63) is 59.8 Å². The van der Waals surface area contributed by atoms with Crippen LogP contribution in [0.2, 0.25) is 0 Å². The fourth-order valence-corrected chi connectivity index (χ4v) is 5.41. The summed E-state index contributed by atoms with van der Waals surface area (Å²) in [6, 6.07) is 5.63. The fourth-order valence-electron chi connectivity index (χ4n) is 5.41. The van der Waals surface area contributed by atoms with Crippen molar-refractivity contribution in [1.29, 1.82) is 0 Å². The number of nitrogens with zero attached hydrogens (tertiary/aromatic N) is 7. The Morgan fingerprint density at radius 1 is 1.03 bits per heavy atom. The van der Waals surface area contributed by atoms with Crippen LogP contribution in [0.25, 0.3) is 5.69 Å². The topological polar surface area (TPSA) is 79.8 Å². The minimum absolute atomic E-state index is 0.0134. The molecule has 0 aliphatic carbocycles. The van der Waals surface area contributed by atoms with Gasteiger partial charge in [-0.1, -0.05) is 12.1 Å². The lowest BCUT2D eigenvalue weighted by Gasteiger charge is -2.29. The molecule has 11 heteroatoms. The molecule has 5 heterocycles. The Balaban J connectivity index is 1.27. The maximum atomic E-state index is 13.6. The Hall–Kier alpha value is -3.50. The van der Waals surface area contributed by atoms with Crippen molar-refractivity contribution in [2.45, 2.75) is 50.1 Å². The van der Waals surface area contributed by atoms with Gasteiger partial charge in [-0.25, -0.2) is 9.97 Å². The molecule has 6 rings (SSSR count). The predicted octanol–water partition coefficient (Wildman–Crippen LogP) is 2.63. The Morgan fingerprint density at radius 2 is 1.72 bits per heavy atom. The summed E-state index contributed by atoms with van der Waals surface area (Å²) in [5.74, 6) is 0.355. The summed E-state index contributed by atoms with van der Waals surface area (Å²) < 4.78 is 38.4. The normalized spacial score (nSPS) is 25.9. The Labute approximate surface area is 180 Å². The molecule has 2 aromatic heterocycles. The number of rotatable bonds is 3. The molecule has 4 atom stereocenters. The maximum absolute atomic E-state index is 13.6. The molecule has 3 aliphatic heterocycles. The number of anilines is 1. The van der Waals surface area contributed by atoms with Gasteiger partial charge in [-0.15, -0.1) is 0 Å². The van der Waals surface area contributed by atoms with E-state index in [1.165, 1.54) is 11.0 Å². The Morgan fingerprint density at radius 3 is 2.31 bits per heavy atom. The molecule has 1 aromatic carbocycles. The van der Waals surface area contributed by atoms with Crippen LogP contribution >= 0.6 is 0 Å². The average molecular weight is 441 g/mol. The van der Waals surface area contributed by atoms with E-state index in [1.807, 2.05) is 28.9 Å². The van der Waals surface area contributed by atoms with Gasteiger partial charge in [-0.05, 0) is 31.4 Å². The standard InChI is InChI=1S/C21H18F3N7O/c1-11-3-2-4-12(17(11)31-27-7-8-28-31)20(32)29-13-5-6-14(29)19-18(13)30(19)16-10-25-15(9-26-16)21(22,23)24/h2-4,7-10,13-14,18-19H,5-6H2,1H3. The van der Waals surface area contributed by atoms with E-state index in [9.17, 15) is 18.0 Å². The van der Waals surface area contributed by atoms with Crippen molar-refractivity contribution in [2.24, 2.45) is 0 Å². The number of para-hydroxylation sites is 1. The molecule has 3 aromatic rings. The second-order valence-electron chi connectivity index (χ2n) is 8.36. The molecule has 4 unspecified atom stereocenters. The highest BCUT2D eigenvalue weighted by molar-refractivity contribution is 5.99. The number of amides is 1. The molecule has 1 amide bonds. The van der Waals surface area contributed by atoms with Crippen LogP contribution in [0.3, 0.4) is 0 Å². The lowest BCUT2D eigenvalue weighted by Crippen LogP contribution is -2.43. The Kier molecular flexibility index (Phi) is 3.90. The third kappa shape index (κ3) is 2.66. The van der Waals surface area contributed by atoms with E-state index in [2.05, 4.69) is 20.2 Å². The molecule has 0 N–H and O–H groups in total. The lowest BCUT2D eigenvalue weighted by molar-refractivity contribution is -0.141. The Bertz CT molecular complexity index is 1180. The van der Waals surface area contributed by atoms with Crippen LogP contribution in [-0.2, 0) is 6.18 Å². The molecule has 3 saturated heterocycles. The number of hydrogen-bond acceptors (Lipinski definition) is 6. The van der Waals surface area contributed by atoms with Gasteiger partial charge in [0.25, 0.3) is 5.91 Å². The third-order valence-electron chi connectivity index (χ3n) is 6.68. The minimum atomic E-state index is -4.52. The molecule has 0 radical (unpaired) electrons. The summed E-state index contributed by atoms with van der Waals surface area (Å²) >= 11 is 0. The second kappa shape index (κ2) is 6.50. The van der Waals surface area contributed by atoms with Crippen molar-refractivity contribution in [2.75, 3.05) is 4.90 Å². The van der Waals surface area contributed by atoms with Gasteiger partial charge >= 0.3 is 6.18 Å². The highest BCUT2D eigenvalue weighted by Crippen LogP contribution is 2.54. The third-order valence-corrected chi connectivity index (χ3v) is 6.68. The molecule has 3 fully saturated rings. The van der Waals surface area contributed by atoms with Crippen molar-refractivity contribution < 1.29 is 18.0 Å². The van der Waals surface area contributed by atoms with E-state index in [0.717, 1.165) is 24.6 Å². The first kappa shape index (κ1) is 19.2. The van der Waals surface area contributed by atoms with Crippen LogP contribution in [0.4, 0.5) is 19.0 Å². The van der Waals surface area contributed by atoms with Crippen molar-refractivity contribution in [1.82, 2.24) is 29.9 Å². The number of hydrogen-bond donors (Lipinski definition) is 0. The number of fused-ring (bicyclic) bond motifs is 5. The van der Waals surface area contributed by atoms with Gasteiger partial charge in [0, 0.05) is 0 Å². The van der Waals surface area contributed by atoms with Crippen LogP contribution in [-0.4, -0.2) is 59.9 Å². The quantitative estimate of drug-likeness (QED) is 0.582. The van der Waals surface area contributed by atoms with Crippen molar-refractivity contribution in [3.8, 4) is 5.69 Å². The van der Waals surface area contributed by atoms with Crippen LogP contribution in [0.5, 0.6) is 0 Å². The van der Waals surface area contributed by atoms with Gasteiger partial charge in [0.15, 0.2) is 5.69 Å². The van der Waals surface area contributed by atoms with E-state index in [-0.39, 0.29) is 30.1 Å². The SMILES string of the molecule is Cc1cccc(C(=O)N2C3CCC2C2C3N2c2cnc(C(F)(F)F)cn2)c1-n1nccn1. The first-order chi connectivity index (χ1) is 15.4. The van der Waals surface area contributed by atoms with Gasteiger partial charge in [0.1, 0.15) is 11.5 Å². The fraction of sp³-hybridized carbons (Fsp3) is 0.381. The average Bonchev–Trinajstić information content (AvgIpc) is 3.11. The largest absolute Gasteiger partial charge is 0.434 e. The van der Waals surface area contributed by atoms with E-state index in [1.54, 1.807) is 18.5 Å². The zero-order valence-corrected chi connectivity index (χ0v) is 16.9. The van der Waals surface area contributed by atoms with Crippen LogP contribution in [0.15, 0.2) is 43.0 Å². The van der Waals surface area contributed by atoms with Gasteiger partial charge in [-0.3, -0.25) is 4.79 Å². The van der Waals surface area contributed by atoms with E-state index in [0.29, 0.717) is 17.1 Å². The summed E-state index contributed by atoms with van der Waals surface area (Å²) in [5, 5.41) is 8.40. The summed E-state index contributed by atoms with van der Waals surface area (Å²) in [6.07, 6.45) is 2.26. The van der Waals surface area contributed by atoms with E-state index < -0.39 is 11.9 Å². The number of aryl methyl sites for hydroxylation is 1. The summed E-state index contributed by atoms with van der Waals surface area (Å²) in [6.45, 7) is 1.91. The smallest absolute Gasteiger partial charge is 0.341 e. The second-order valence-corrected chi connectivity index (χ2v) is 8.36. The number of carbonyl (C=O) groups excluding carboxylic acids is 1. The molecule has 0 spiro atoms. The first-order valence-electron chi connectivity index (χ1n) is 10.3. The predicted molar refractivity (Wildman–Crippen MR) is 106 cm³/mol. The van der Waals surface area contributed by atoms with Crippen molar-refractivity contribution in [3.63, 3.8) is 0 Å². The van der Waals surface area contributed by atoms with Crippen LogP contribution in [0, 0.1) is 6.92 Å². The van der Waals surface area contributed by atoms with Gasteiger partial charge < -0.3 is 9.80 Å².